The quantitative estimate of drug-likeness (QED) is 0.895. The number of para-hydroxylation sites is 1. The molecule has 1 aliphatic carbocycles. The van der Waals surface area contributed by atoms with Crippen molar-refractivity contribution in [3.8, 4) is 0 Å². The van der Waals surface area contributed by atoms with E-state index in [1.165, 1.54) is 23.8 Å². The van der Waals surface area contributed by atoms with Gasteiger partial charge in [0.15, 0.2) is 0 Å². The molecule has 0 saturated heterocycles. The molecule has 18 heavy (non-hydrogen) atoms. The number of rotatable bonds is 4. The molecule has 1 aromatic heterocycles. The number of anilines is 1. The lowest BCUT2D eigenvalue weighted by molar-refractivity contribution is 0.301. The minimum atomic E-state index is 0.185. The van der Waals surface area contributed by atoms with Gasteiger partial charge in [0.05, 0.1) is 12.1 Å². The molecule has 1 heterocycles. The predicted octanol–water partition coefficient (Wildman–Crippen LogP) is 2.50. The maximum absolute atomic E-state index is 9.21. The topological polar surface area (TPSA) is 36.4 Å². The van der Waals surface area contributed by atoms with Crippen LogP contribution in [0.25, 0.3) is 10.9 Å². The average Bonchev–Trinajstić information content (AvgIpc) is 3.20. The lowest BCUT2D eigenvalue weighted by Gasteiger charge is -2.24. The second kappa shape index (κ2) is 4.58. The number of pyridine rings is 1. The number of fused-ring (bicyclic) bond motifs is 1. The first-order valence-electron chi connectivity index (χ1n) is 6.53. The van der Waals surface area contributed by atoms with Gasteiger partial charge in [-0.2, -0.15) is 0 Å². The molecule has 2 aromatic rings. The number of benzene rings is 1. The zero-order valence-corrected chi connectivity index (χ0v) is 10.6. The SMILES string of the molecule is Cc1cc2ccccc2nc1N(CCO)C1CC1. The van der Waals surface area contributed by atoms with Gasteiger partial charge in [0.2, 0.25) is 0 Å². The van der Waals surface area contributed by atoms with Crippen molar-refractivity contribution in [3.63, 3.8) is 0 Å². The molecule has 0 radical (unpaired) electrons. The van der Waals surface area contributed by atoms with E-state index >= 15 is 0 Å². The Kier molecular flexibility index (Phi) is 2.92. The number of hydrogen-bond donors (Lipinski definition) is 1. The second-order valence-corrected chi connectivity index (χ2v) is 4.97. The van der Waals surface area contributed by atoms with Gasteiger partial charge in [-0.1, -0.05) is 18.2 Å². The van der Waals surface area contributed by atoms with Crippen LogP contribution in [0.3, 0.4) is 0 Å². The predicted molar refractivity (Wildman–Crippen MR) is 73.9 cm³/mol. The van der Waals surface area contributed by atoms with Crippen molar-refractivity contribution in [2.24, 2.45) is 0 Å². The minimum Gasteiger partial charge on any atom is -0.395 e. The lowest BCUT2D eigenvalue weighted by atomic mass is 10.1. The van der Waals surface area contributed by atoms with E-state index in [9.17, 15) is 5.11 Å². The van der Waals surface area contributed by atoms with Crippen molar-refractivity contribution in [1.82, 2.24) is 4.98 Å². The van der Waals surface area contributed by atoms with Gasteiger partial charge in [0, 0.05) is 18.0 Å². The van der Waals surface area contributed by atoms with Gasteiger partial charge >= 0.3 is 0 Å². The van der Waals surface area contributed by atoms with E-state index in [2.05, 4.69) is 24.0 Å². The zero-order valence-electron chi connectivity index (χ0n) is 10.6. The molecule has 1 fully saturated rings. The first-order chi connectivity index (χ1) is 8.79. The molecule has 1 saturated carbocycles. The van der Waals surface area contributed by atoms with Crippen LogP contribution in [0.5, 0.6) is 0 Å². The summed E-state index contributed by atoms with van der Waals surface area (Å²) in [5.41, 5.74) is 2.22. The standard InChI is InChI=1S/C15H18N2O/c1-11-10-12-4-2-3-5-14(12)16-15(11)17(8-9-18)13-6-7-13/h2-5,10,13,18H,6-9H2,1H3. The Labute approximate surface area is 107 Å². The summed E-state index contributed by atoms with van der Waals surface area (Å²) >= 11 is 0. The number of nitrogens with zero attached hydrogens (tertiary/aromatic N) is 2. The van der Waals surface area contributed by atoms with E-state index < -0.39 is 0 Å². The number of aryl methyl sites for hydroxylation is 1. The Bertz CT molecular complexity index is 563. The van der Waals surface area contributed by atoms with Gasteiger partial charge in [-0.15, -0.1) is 0 Å². The molecule has 1 N–H and O–H groups in total. The molecule has 1 aliphatic rings. The Morgan fingerprint density at radius 1 is 1.33 bits per heavy atom. The average molecular weight is 242 g/mol. The monoisotopic (exact) mass is 242 g/mol. The fourth-order valence-corrected chi connectivity index (χ4v) is 2.46. The van der Waals surface area contributed by atoms with Crippen LogP contribution in [0.4, 0.5) is 5.82 Å². The largest absolute Gasteiger partial charge is 0.395 e. The fraction of sp³-hybridized carbons (Fsp3) is 0.400. The Balaban J connectivity index is 2.06. The highest BCUT2D eigenvalue weighted by Crippen LogP contribution is 2.33. The molecule has 0 atom stereocenters. The smallest absolute Gasteiger partial charge is 0.132 e. The summed E-state index contributed by atoms with van der Waals surface area (Å²) in [6, 6.07) is 10.9. The van der Waals surface area contributed by atoms with Crippen LogP contribution >= 0.6 is 0 Å². The van der Waals surface area contributed by atoms with Crippen LogP contribution < -0.4 is 4.90 Å². The molecule has 0 unspecified atom stereocenters. The zero-order chi connectivity index (χ0) is 12.5. The van der Waals surface area contributed by atoms with Crippen molar-refractivity contribution in [2.45, 2.75) is 25.8 Å². The van der Waals surface area contributed by atoms with Crippen LogP contribution in [0, 0.1) is 6.92 Å². The van der Waals surface area contributed by atoms with Gasteiger partial charge in [-0.25, -0.2) is 4.98 Å². The first-order valence-corrected chi connectivity index (χ1v) is 6.53. The molecule has 94 valence electrons. The first kappa shape index (κ1) is 11.5. The van der Waals surface area contributed by atoms with Gasteiger partial charge in [-0.3, -0.25) is 0 Å². The highest BCUT2D eigenvalue weighted by molar-refractivity contribution is 5.81. The minimum absolute atomic E-state index is 0.185. The molecular weight excluding hydrogens is 224 g/mol. The van der Waals surface area contributed by atoms with Gasteiger partial charge in [0.1, 0.15) is 5.82 Å². The van der Waals surface area contributed by atoms with Gasteiger partial charge in [-0.05, 0) is 37.5 Å². The molecule has 3 nitrogen and oxygen atoms in total. The Morgan fingerprint density at radius 3 is 2.83 bits per heavy atom. The van der Waals surface area contributed by atoms with Crippen molar-refractivity contribution < 1.29 is 5.11 Å². The lowest BCUT2D eigenvalue weighted by Crippen LogP contribution is -2.30. The summed E-state index contributed by atoms with van der Waals surface area (Å²) in [6.07, 6.45) is 2.43. The van der Waals surface area contributed by atoms with Crippen LogP contribution in [-0.2, 0) is 0 Å². The summed E-state index contributed by atoms with van der Waals surface area (Å²) in [5, 5.41) is 10.4. The fourth-order valence-electron chi connectivity index (χ4n) is 2.46. The third-order valence-electron chi connectivity index (χ3n) is 3.49. The summed E-state index contributed by atoms with van der Waals surface area (Å²) < 4.78 is 0. The molecule has 0 bridgehead atoms. The summed E-state index contributed by atoms with van der Waals surface area (Å²) in [5.74, 6) is 1.03. The van der Waals surface area contributed by atoms with E-state index in [-0.39, 0.29) is 6.61 Å². The van der Waals surface area contributed by atoms with E-state index in [4.69, 9.17) is 4.98 Å². The maximum Gasteiger partial charge on any atom is 0.132 e. The van der Waals surface area contributed by atoms with E-state index in [1.807, 2.05) is 18.2 Å². The van der Waals surface area contributed by atoms with Gasteiger partial charge < -0.3 is 10.0 Å². The van der Waals surface area contributed by atoms with Crippen molar-refractivity contribution in [3.05, 3.63) is 35.9 Å². The highest BCUT2D eigenvalue weighted by atomic mass is 16.3. The van der Waals surface area contributed by atoms with Crippen molar-refractivity contribution in [1.29, 1.82) is 0 Å². The Hall–Kier alpha value is -1.61. The van der Waals surface area contributed by atoms with E-state index in [0.717, 1.165) is 11.3 Å². The van der Waals surface area contributed by atoms with Crippen molar-refractivity contribution >= 4 is 16.7 Å². The number of aliphatic hydroxyl groups excluding tert-OH is 1. The van der Waals surface area contributed by atoms with Crippen LogP contribution in [-0.4, -0.2) is 29.3 Å². The summed E-state index contributed by atoms with van der Waals surface area (Å²) in [6.45, 7) is 2.96. The molecule has 0 aliphatic heterocycles. The third kappa shape index (κ3) is 2.06. The maximum atomic E-state index is 9.21. The van der Waals surface area contributed by atoms with Crippen LogP contribution in [0.1, 0.15) is 18.4 Å². The highest BCUT2D eigenvalue weighted by Gasteiger charge is 2.30. The van der Waals surface area contributed by atoms with Crippen LogP contribution in [0.2, 0.25) is 0 Å². The molecule has 0 amide bonds. The number of aromatic nitrogens is 1. The van der Waals surface area contributed by atoms with Crippen molar-refractivity contribution in [2.75, 3.05) is 18.1 Å². The van der Waals surface area contributed by atoms with Gasteiger partial charge in [0.25, 0.3) is 0 Å². The molecule has 1 aromatic carbocycles. The summed E-state index contributed by atoms with van der Waals surface area (Å²) in [7, 11) is 0. The van der Waals surface area contributed by atoms with E-state index in [1.54, 1.807) is 0 Å². The normalized spacial score (nSPS) is 15.0. The molecule has 3 rings (SSSR count). The van der Waals surface area contributed by atoms with Crippen LogP contribution in [0.15, 0.2) is 30.3 Å². The second-order valence-electron chi connectivity index (χ2n) is 4.97. The summed E-state index contributed by atoms with van der Waals surface area (Å²) in [4.78, 5) is 7.02. The van der Waals surface area contributed by atoms with E-state index in [0.29, 0.717) is 12.6 Å². The number of aliphatic hydroxyl groups is 1. The number of hydrogen-bond acceptors (Lipinski definition) is 3. The molecule has 3 heteroatoms. The Morgan fingerprint density at radius 2 is 2.11 bits per heavy atom. The molecular formula is C15H18N2O. The third-order valence-corrected chi connectivity index (χ3v) is 3.49. The molecule has 0 spiro atoms.